The minimum absolute atomic E-state index is 0.549. The Bertz CT molecular complexity index is 712. The first-order valence-electron chi connectivity index (χ1n) is 9.18. The average Bonchev–Trinajstić information content (AvgIpc) is 2.89. The number of carbonyl (C=O) groups is 1. The van der Waals surface area contributed by atoms with Gasteiger partial charge in [0.05, 0.1) is 5.52 Å². The number of aromatic nitrogens is 1. The molecule has 1 aromatic heterocycles. The second-order valence-electron chi connectivity index (χ2n) is 7.74. The van der Waals surface area contributed by atoms with Crippen LogP contribution in [0.15, 0.2) is 30.5 Å². The molecule has 0 radical (unpaired) electrons. The zero-order valence-corrected chi connectivity index (χ0v) is 17.2. The number of para-hydroxylation sites is 1. The molecule has 0 atom stereocenters. The Labute approximate surface area is 151 Å². The first kappa shape index (κ1) is 19.7. The number of nitrogens with zero attached hydrogens (tertiary/aromatic N) is 1. The van der Waals surface area contributed by atoms with E-state index < -0.39 is 14.4 Å². The number of benzene rings is 1. The number of carboxylic acid groups (broad SMARTS) is 1. The highest BCUT2D eigenvalue weighted by atomic mass is 28.4. The lowest BCUT2D eigenvalue weighted by molar-refractivity contribution is 0.197. The zero-order valence-electron chi connectivity index (χ0n) is 16.2. The highest BCUT2D eigenvalue weighted by Gasteiger charge is 2.44. The Hall–Kier alpha value is -1.59. The van der Waals surface area contributed by atoms with Crippen LogP contribution in [0.2, 0.25) is 16.6 Å². The van der Waals surface area contributed by atoms with Crippen molar-refractivity contribution in [2.45, 2.75) is 64.6 Å². The van der Waals surface area contributed by atoms with Gasteiger partial charge in [0.25, 0.3) is 0 Å². The maximum Gasteiger partial charge on any atom is 0.416 e. The molecule has 1 N–H and O–H groups in total. The molecule has 0 aliphatic rings. The normalized spacial score (nSPS) is 12.7. The molecule has 0 spiro atoms. The Kier molecular flexibility index (Phi) is 6.11. The van der Waals surface area contributed by atoms with Crippen molar-refractivity contribution in [3.63, 3.8) is 0 Å². The number of hydrogen-bond acceptors (Lipinski definition) is 2. The van der Waals surface area contributed by atoms with Crippen LogP contribution in [0.25, 0.3) is 10.9 Å². The van der Waals surface area contributed by atoms with Gasteiger partial charge in [0.15, 0.2) is 8.32 Å². The van der Waals surface area contributed by atoms with Crippen LogP contribution in [0.4, 0.5) is 4.79 Å². The molecule has 0 saturated heterocycles. The monoisotopic (exact) mass is 361 g/mol. The van der Waals surface area contributed by atoms with Crippen molar-refractivity contribution in [3.05, 3.63) is 36.0 Å². The van der Waals surface area contributed by atoms with E-state index in [1.807, 2.05) is 24.3 Å². The minimum Gasteiger partial charge on any atom is -0.464 e. The summed E-state index contributed by atoms with van der Waals surface area (Å²) < 4.78 is 7.93. The molecule has 138 valence electrons. The van der Waals surface area contributed by atoms with Gasteiger partial charge >= 0.3 is 6.09 Å². The van der Waals surface area contributed by atoms with E-state index in [1.165, 1.54) is 4.57 Å². The summed E-state index contributed by atoms with van der Waals surface area (Å²) in [6, 6.07) is 7.66. The van der Waals surface area contributed by atoms with Crippen molar-refractivity contribution in [1.29, 1.82) is 0 Å². The maximum absolute atomic E-state index is 11.5. The Balaban J connectivity index is 2.24. The predicted octanol–water partition coefficient (Wildman–Crippen LogP) is 5.90. The molecule has 0 unspecified atom stereocenters. The Morgan fingerprint density at radius 1 is 1.08 bits per heavy atom. The summed E-state index contributed by atoms with van der Waals surface area (Å²) in [5.74, 6) is 0. The third-order valence-corrected chi connectivity index (χ3v) is 11.5. The summed E-state index contributed by atoms with van der Waals surface area (Å²) in [4.78, 5) is 11.5. The molecule has 0 bridgehead atoms. The van der Waals surface area contributed by atoms with Crippen molar-refractivity contribution in [2.24, 2.45) is 0 Å². The van der Waals surface area contributed by atoms with Crippen LogP contribution < -0.4 is 0 Å². The highest BCUT2D eigenvalue weighted by molar-refractivity contribution is 6.77. The van der Waals surface area contributed by atoms with Crippen LogP contribution in [0.1, 0.15) is 47.1 Å². The first-order valence-corrected chi connectivity index (χ1v) is 11.3. The van der Waals surface area contributed by atoms with Crippen molar-refractivity contribution in [2.75, 3.05) is 6.61 Å². The molecule has 1 heterocycles. The predicted molar refractivity (Wildman–Crippen MR) is 106 cm³/mol. The third-order valence-electron chi connectivity index (χ3n) is 5.43. The van der Waals surface area contributed by atoms with Gasteiger partial charge in [-0.3, -0.25) is 4.57 Å². The molecule has 25 heavy (non-hydrogen) atoms. The van der Waals surface area contributed by atoms with Gasteiger partial charge < -0.3 is 9.53 Å². The van der Waals surface area contributed by atoms with E-state index in [4.69, 9.17) is 4.43 Å². The fourth-order valence-corrected chi connectivity index (χ4v) is 9.90. The third kappa shape index (κ3) is 3.67. The van der Waals surface area contributed by atoms with E-state index >= 15 is 0 Å². The summed E-state index contributed by atoms with van der Waals surface area (Å²) in [5.41, 5.74) is 3.43. The lowest BCUT2D eigenvalue weighted by Crippen LogP contribution is -2.48. The van der Waals surface area contributed by atoms with Gasteiger partial charge in [0.1, 0.15) is 0 Å². The largest absolute Gasteiger partial charge is 0.464 e. The molecule has 0 fully saturated rings. The van der Waals surface area contributed by atoms with Crippen molar-refractivity contribution >= 4 is 25.3 Å². The molecule has 2 rings (SSSR count). The van der Waals surface area contributed by atoms with Crippen molar-refractivity contribution in [1.82, 2.24) is 4.57 Å². The standard InChI is InChI=1S/C20H31NO3Si/c1-14(2)25(15(3)4,16(5)6)24-12-11-17-13-21(20(22)23)19-10-8-7-9-18(17)19/h7-10,13-16H,11-12H2,1-6H3,(H,22,23). The summed E-state index contributed by atoms with van der Waals surface area (Å²) in [6.07, 6.45) is 1.53. The molecule has 5 heteroatoms. The summed E-state index contributed by atoms with van der Waals surface area (Å²) in [5, 5.41) is 10.4. The fraction of sp³-hybridized carbons (Fsp3) is 0.550. The smallest absolute Gasteiger partial charge is 0.416 e. The molecule has 0 aliphatic carbocycles. The van der Waals surface area contributed by atoms with Gasteiger partial charge in [0.2, 0.25) is 0 Å². The van der Waals surface area contributed by atoms with Gasteiger partial charge in [-0.1, -0.05) is 59.7 Å². The summed E-state index contributed by atoms with van der Waals surface area (Å²) >= 11 is 0. The molecule has 2 aromatic rings. The zero-order chi connectivity index (χ0) is 18.8. The van der Waals surface area contributed by atoms with E-state index in [0.29, 0.717) is 23.2 Å². The maximum atomic E-state index is 11.5. The first-order chi connectivity index (χ1) is 11.7. The van der Waals surface area contributed by atoms with E-state index in [9.17, 15) is 9.90 Å². The fourth-order valence-electron chi connectivity index (χ4n) is 4.45. The molecule has 4 nitrogen and oxygen atoms in total. The second-order valence-corrected chi connectivity index (χ2v) is 13.2. The van der Waals surface area contributed by atoms with Gasteiger partial charge in [-0.05, 0) is 34.7 Å². The van der Waals surface area contributed by atoms with E-state index in [2.05, 4.69) is 41.5 Å². The van der Waals surface area contributed by atoms with Crippen LogP contribution in [0.5, 0.6) is 0 Å². The van der Waals surface area contributed by atoms with Crippen LogP contribution in [0, 0.1) is 0 Å². The number of fused-ring (bicyclic) bond motifs is 1. The quantitative estimate of drug-likeness (QED) is 0.624. The molecule has 0 aliphatic heterocycles. The van der Waals surface area contributed by atoms with E-state index in [0.717, 1.165) is 22.9 Å². The van der Waals surface area contributed by atoms with Gasteiger partial charge in [0, 0.05) is 18.2 Å². The molecular weight excluding hydrogens is 330 g/mol. The highest BCUT2D eigenvalue weighted by Crippen LogP contribution is 2.42. The topological polar surface area (TPSA) is 51.5 Å². The van der Waals surface area contributed by atoms with Crippen LogP contribution in [0.3, 0.4) is 0 Å². The minimum atomic E-state index is -1.89. The molecular formula is C20H31NO3Si. The molecule has 0 saturated carbocycles. The Morgan fingerprint density at radius 3 is 2.16 bits per heavy atom. The van der Waals surface area contributed by atoms with Gasteiger partial charge in [-0.15, -0.1) is 0 Å². The van der Waals surface area contributed by atoms with E-state index in [-0.39, 0.29) is 0 Å². The van der Waals surface area contributed by atoms with Crippen LogP contribution in [-0.4, -0.2) is 30.7 Å². The lowest BCUT2D eigenvalue weighted by atomic mass is 10.1. The summed E-state index contributed by atoms with van der Waals surface area (Å²) in [6.45, 7) is 14.3. The van der Waals surface area contributed by atoms with E-state index in [1.54, 1.807) is 6.20 Å². The summed E-state index contributed by atoms with van der Waals surface area (Å²) in [7, 11) is -1.89. The van der Waals surface area contributed by atoms with Crippen LogP contribution >= 0.6 is 0 Å². The number of hydrogen-bond donors (Lipinski definition) is 1. The SMILES string of the molecule is CC(C)[Si](OCCc1cn(C(=O)O)c2ccccc12)(C(C)C)C(C)C. The second kappa shape index (κ2) is 7.75. The van der Waals surface area contributed by atoms with Crippen molar-refractivity contribution in [3.8, 4) is 0 Å². The van der Waals surface area contributed by atoms with Gasteiger partial charge in [-0.25, -0.2) is 4.79 Å². The lowest BCUT2D eigenvalue weighted by Gasteiger charge is -2.42. The molecule has 1 aromatic carbocycles. The number of rotatable bonds is 7. The molecule has 0 amide bonds. The Morgan fingerprint density at radius 2 is 1.64 bits per heavy atom. The van der Waals surface area contributed by atoms with Gasteiger partial charge in [-0.2, -0.15) is 0 Å². The average molecular weight is 362 g/mol. The van der Waals surface area contributed by atoms with Crippen LogP contribution in [-0.2, 0) is 10.8 Å². The van der Waals surface area contributed by atoms with Crippen molar-refractivity contribution < 1.29 is 14.3 Å².